The molecule has 0 unspecified atom stereocenters. The molecule has 2 rings (SSSR count). The Balaban J connectivity index is 1.83. The van der Waals surface area contributed by atoms with Crippen LogP contribution in [0.4, 0.5) is 4.39 Å². The van der Waals surface area contributed by atoms with Crippen molar-refractivity contribution in [1.29, 1.82) is 0 Å². The van der Waals surface area contributed by atoms with E-state index in [9.17, 15) is 9.50 Å². The highest BCUT2D eigenvalue weighted by molar-refractivity contribution is 7.09. The summed E-state index contributed by atoms with van der Waals surface area (Å²) in [4.78, 5) is 5.42. The molecule has 3 nitrogen and oxygen atoms in total. The molecule has 2 atom stereocenters. The molecular weight excluding hydrogens is 275 g/mol. The van der Waals surface area contributed by atoms with Gasteiger partial charge in [0, 0.05) is 17.5 Å². The Morgan fingerprint density at radius 1 is 1.35 bits per heavy atom. The van der Waals surface area contributed by atoms with E-state index in [-0.39, 0.29) is 11.9 Å². The molecule has 20 heavy (non-hydrogen) atoms. The van der Waals surface area contributed by atoms with Crippen LogP contribution in [0.1, 0.15) is 35.6 Å². The van der Waals surface area contributed by atoms with Crippen LogP contribution in [0, 0.1) is 12.7 Å². The lowest BCUT2D eigenvalue weighted by molar-refractivity contribution is 0.154. The van der Waals surface area contributed by atoms with E-state index < -0.39 is 6.10 Å². The summed E-state index contributed by atoms with van der Waals surface area (Å²) < 4.78 is 12.8. The van der Waals surface area contributed by atoms with E-state index in [0.717, 1.165) is 17.8 Å². The number of aryl methyl sites for hydroxylation is 1. The largest absolute Gasteiger partial charge is 0.388 e. The maximum Gasteiger partial charge on any atom is 0.123 e. The maximum absolute atomic E-state index is 12.8. The Hall–Kier alpha value is -1.30. The average molecular weight is 294 g/mol. The van der Waals surface area contributed by atoms with E-state index >= 15 is 0 Å². The second-order valence-corrected chi connectivity index (χ2v) is 5.89. The summed E-state index contributed by atoms with van der Waals surface area (Å²) in [6, 6.07) is 6.16. The topological polar surface area (TPSA) is 45.2 Å². The zero-order valence-corrected chi connectivity index (χ0v) is 12.5. The van der Waals surface area contributed by atoms with E-state index in [4.69, 9.17) is 0 Å². The Bertz CT molecular complexity index is 541. The van der Waals surface area contributed by atoms with E-state index in [1.807, 2.05) is 19.4 Å². The van der Waals surface area contributed by atoms with Crippen LogP contribution in [-0.2, 0) is 6.54 Å². The molecule has 0 aliphatic heterocycles. The predicted molar refractivity (Wildman–Crippen MR) is 79.1 cm³/mol. The van der Waals surface area contributed by atoms with Gasteiger partial charge in [0.1, 0.15) is 5.82 Å². The van der Waals surface area contributed by atoms with Crippen molar-refractivity contribution in [2.75, 3.05) is 0 Å². The molecule has 0 spiro atoms. The molecule has 108 valence electrons. The molecule has 0 bridgehead atoms. The molecule has 0 saturated carbocycles. The number of thiazole rings is 1. The zero-order valence-electron chi connectivity index (χ0n) is 11.6. The maximum atomic E-state index is 12.8. The number of rotatable bonds is 6. The first-order valence-corrected chi connectivity index (χ1v) is 7.50. The van der Waals surface area contributed by atoms with Gasteiger partial charge in [-0.3, -0.25) is 0 Å². The van der Waals surface area contributed by atoms with Gasteiger partial charge in [0.05, 0.1) is 17.3 Å². The summed E-state index contributed by atoms with van der Waals surface area (Å²) >= 11 is 1.63. The van der Waals surface area contributed by atoms with Crippen molar-refractivity contribution in [3.8, 4) is 0 Å². The summed E-state index contributed by atoms with van der Waals surface area (Å²) in [5.41, 5.74) is 3.63. The fraction of sp³-hybridized carbons (Fsp3) is 0.400. The Morgan fingerprint density at radius 3 is 2.65 bits per heavy atom. The molecule has 0 saturated heterocycles. The first-order chi connectivity index (χ1) is 9.56. The van der Waals surface area contributed by atoms with Crippen LogP contribution in [0.2, 0.25) is 0 Å². The van der Waals surface area contributed by atoms with Crippen LogP contribution < -0.4 is 5.32 Å². The molecule has 1 heterocycles. The van der Waals surface area contributed by atoms with Crippen LogP contribution in [-0.4, -0.2) is 16.1 Å². The number of hydrogen-bond acceptors (Lipinski definition) is 4. The Kier molecular flexibility index (Phi) is 5.23. The van der Waals surface area contributed by atoms with Crippen LogP contribution in [0.15, 0.2) is 29.8 Å². The van der Waals surface area contributed by atoms with E-state index in [1.165, 1.54) is 17.0 Å². The summed E-state index contributed by atoms with van der Waals surface area (Å²) in [5, 5.41) is 13.5. The summed E-state index contributed by atoms with van der Waals surface area (Å²) in [6.07, 6.45) is 0.00407. The molecule has 5 heteroatoms. The quantitative estimate of drug-likeness (QED) is 0.860. The second kappa shape index (κ2) is 6.92. The number of nitrogens with one attached hydrogen (secondary N) is 1. The van der Waals surface area contributed by atoms with Crippen molar-refractivity contribution >= 4 is 11.3 Å². The summed E-state index contributed by atoms with van der Waals surface area (Å²) in [6.45, 7) is 4.78. The third kappa shape index (κ3) is 4.10. The summed E-state index contributed by atoms with van der Waals surface area (Å²) in [7, 11) is 0. The number of halogens is 1. The van der Waals surface area contributed by atoms with E-state index in [0.29, 0.717) is 6.42 Å². The molecule has 0 aliphatic carbocycles. The number of benzene rings is 1. The zero-order chi connectivity index (χ0) is 14.5. The molecule has 1 aromatic heterocycles. The monoisotopic (exact) mass is 294 g/mol. The summed E-state index contributed by atoms with van der Waals surface area (Å²) in [5.74, 6) is -0.284. The molecular formula is C15H19FN2OS. The average Bonchev–Trinajstić information content (AvgIpc) is 2.82. The van der Waals surface area contributed by atoms with Gasteiger partial charge in [-0.2, -0.15) is 0 Å². The van der Waals surface area contributed by atoms with Gasteiger partial charge < -0.3 is 10.4 Å². The van der Waals surface area contributed by atoms with Gasteiger partial charge in [0.25, 0.3) is 0 Å². The van der Waals surface area contributed by atoms with Crippen molar-refractivity contribution in [1.82, 2.24) is 10.3 Å². The first kappa shape index (κ1) is 15.1. The minimum absolute atomic E-state index is 0.163. The lowest BCUT2D eigenvalue weighted by atomic mass is 10.0. The normalized spacial score (nSPS) is 14.2. The van der Waals surface area contributed by atoms with Crippen molar-refractivity contribution < 1.29 is 9.50 Å². The van der Waals surface area contributed by atoms with Crippen LogP contribution >= 0.6 is 11.3 Å². The standard InChI is InChI=1S/C15H19FN2OS/c1-10(17-8-15-11(2)18-9-20-15)7-14(19)12-3-5-13(16)6-4-12/h3-6,9-10,14,17,19H,7-8H2,1-2H3/t10-,14+/m1/s1. The highest BCUT2D eigenvalue weighted by Crippen LogP contribution is 2.19. The van der Waals surface area contributed by atoms with Gasteiger partial charge in [-0.1, -0.05) is 12.1 Å². The van der Waals surface area contributed by atoms with Crippen molar-refractivity contribution in [3.05, 3.63) is 51.7 Å². The minimum Gasteiger partial charge on any atom is -0.388 e. The Morgan fingerprint density at radius 2 is 2.05 bits per heavy atom. The molecule has 1 aromatic carbocycles. The Labute approximate surface area is 122 Å². The van der Waals surface area contributed by atoms with Gasteiger partial charge in [-0.15, -0.1) is 11.3 Å². The van der Waals surface area contributed by atoms with Crippen molar-refractivity contribution in [2.45, 2.75) is 39.0 Å². The van der Waals surface area contributed by atoms with Crippen molar-refractivity contribution in [2.24, 2.45) is 0 Å². The van der Waals surface area contributed by atoms with Crippen LogP contribution in [0.3, 0.4) is 0 Å². The smallest absolute Gasteiger partial charge is 0.123 e. The van der Waals surface area contributed by atoms with Crippen LogP contribution in [0.5, 0.6) is 0 Å². The molecule has 2 N–H and O–H groups in total. The molecule has 0 fully saturated rings. The van der Waals surface area contributed by atoms with Gasteiger partial charge in [-0.25, -0.2) is 9.37 Å². The lowest BCUT2D eigenvalue weighted by Gasteiger charge is -2.18. The highest BCUT2D eigenvalue weighted by atomic mass is 32.1. The molecule has 2 aromatic rings. The molecule has 0 aliphatic rings. The highest BCUT2D eigenvalue weighted by Gasteiger charge is 2.13. The third-order valence-electron chi connectivity index (χ3n) is 3.29. The van der Waals surface area contributed by atoms with E-state index in [1.54, 1.807) is 23.5 Å². The van der Waals surface area contributed by atoms with Gasteiger partial charge in [0.15, 0.2) is 0 Å². The second-order valence-electron chi connectivity index (χ2n) is 4.95. The molecule has 0 amide bonds. The van der Waals surface area contributed by atoms with Gasteiger partial charge >= 0.3 is 0 Å². The molecule has 0 radical (unpaired) electrons. The number of aliphatic hydroxyl groups excluding tert-OH is 1. The fourth-order valence-electron chi connectivity index (χ4n) is 2.00. The number of aliphatic hydroxyl groups is 1. The number of nitrogens with zero attached hydrogens (tertiary/aromatic N) is 1. The number of hydrogen-bond donors (Lipinski definition) is 2. The van der Waals surface area contributed by atoms with Gasteiger partial charge in [0.2, 0.25) is 0 Å². The first-order valence-electron chi connectivity index (χ1n) is 6.62. The number of aromatic nitrogens is 1. The van der Waals surface area contributed by atoms with Gasteiger partial charge in [-0.05, 0) is 38.0 Å². The SMILES string of the molecule is Cc1ncsc1CN[C@H](C)C[C@H](O)c1ccc(F)cc1. The lowest BCUT2D eigenvalue weighted by Crippen LogP contribution is -2.27. The predicted octanol–water partition coefficient (Wildman–Crippen LogP) is 3.19. The van der Waals surface area contributed by atoms with E-state index in [2.05, 4.69) is 10.3 Å². The third-order valence-corrected chi connectivity index (χ3v) is 4.22. The fourth-order valence-corrected chi connectivity index (χ4v) is 2.73. The van der Waals surface area contributed by atoms with Crippen molar-refractivity contribution in [3.63, 3.8) is 0 Å². The van der Waals surface area contributed by atoms with Crippen LogP contribution in [0.25, 0.3) is 0 Å². The minimum atomic E-state index is -0.583.